The summed E-state index contributed by atoms with van der Waals surface area (Å²) in [5, 5.41) is 31.4. The second kappa shape index (κ2) is 30.7. The van der Waals surface area contributed by atoms with E-state index in [0.29, 0.717) is 30.3 Å². The highest BCUT2D eigenvalue weighted by Crippen LogP contribution is 2.39. The van der Waals surface area contributed by atoms with Crippen molar-refractivity contribution in [2.75, 3.05) is 47.5 Å². The lowest BCUT2D eigenvalue weighted by Gasteiger charge is -2.28. The van der Waals surface area contributed by atoms with Crippen LogP contribution >= 0.6 is 7.82 Å². The van der Waals surface area contributed by atoms with E-state index in [1.165, 1.54) is 30.4 Å². The van der Waals surface area contributed by atoms with E-state index in [0.717, 1.165) is 88.6 Å². The number of ether oxygens (including phenoxy) is 2. The second-order valence-electron chi connectivity index (χ2n) is 18.3. The molecule has 0 spiro atoms. The van der Waals surface area contributed by atoms with Gasteiger partial charge in [-0.2, -0.15) is 0 Å². The maximum Gasteiger partial charge on any atom is 0.309 e. The van der Waals surface area contributed by atoms with E-state index in [-0.39, 0.29) is 37.7 Å². The molecule has 1 aliphatic rings. The Bertz CT molecular complexity index is 1500. The summed E-state index contributed by atoms with van der Waals surface area (Å²) in [6.45, 7) is 8.02. The lowest BCUT2D eigenvalue weighted by molar-refractivity contribution is -0.870. The van der Waals surface area contributed by atoms with Crippen molar-refractivity contribution >= 4 is 19.8 Å². The van der Waals surface area contributed by atoms with Crippen LogP contribution in [0.3, 0.4) is 0 Å². The highest BCUT2D eigenvalue weighted by molar-refractivity contribution is 7.45. The number of unbranched alkanes of at least 4 members (excludes halogenated alkanes) is 11. The van der Waals surface area contributed by atoms with Crippen LogP contribution in [-0.2, 0) is 45.5 Å². The van der Waals surface area contributed by atoms with Crippen LogP contribution in [0.5, 0.6) is 0 Å². The number of phosphoric acid groups is 1. The molecular weight excluding hydrogens is 813 g/mol. The molecule has 358 valence electrons. The van der Waals surface area contributed by atoms with E-state index in [1.54, 1.807) is 24.3 Å². The highest BCUT2D eigenvalue weighted by Gasteiger charge is 2.39. The molecule has 1 saturated carbocycles. The van der Waals surface area contributed by atoms with Gasteiger partial charge in [-0.15, -0.1) is 0 Å². The third-order valence-corrected chi connectivity index (χ3v) is 12.7. The molecule has 0 aromatic carbocycles. The lowest BCUT2D eigenvalue weighted by Crippen LogP contribution is -2.37. The van der Waals surface area contributed by atoms with Crippen molar-refractivity contribution in [3.05, 3.63) is 47.0 Å². The van der Waals surface area contributed by atoms with E-state index in [9.17, 15) is 34.4 Å². The molecular formula is C48H84NO12P. The van der Waals surface area contributed by atoms with Crippen LogP contribution < -0.4 is 4.89 Å². The molecule has 14 heteroatoms. The number of carbonyl (C=O) groups is 2. The number of rotatable bonds is 35. The number of carbonyl (C=O) groups excluding carboxylic acids is 2. The zero-order valence-corrected chi connectivity index (χ0v) is 40.3. The molecule has 1 aliphatic carbocycles. The minimum Gasteiger partial charge on any atom is -0.756 e. The van der Waals surface area contributed by atoms with Crippen molar-refractivity contribution in [3.8, 4) is 0 Å². The molecule has 0 bridgehead atoms. The standard InChI is InChI=1S/C48H84NO12P/c1-8-10-18-24-39(50)30-31-42-41(43(51)34-44(42)52)25-22-23-28-47(53)57-35-40(36-59-62(55,56)58-33-32-49(5,6)7)60-48(54)29-21-17-15-13-12-14-16-20-27-46-38(4)37(3)45(61-46)26-19-11-9-2/h22-23,30-31,39-44,50-52H,8-21,24-29,32-36H2,1-7H3/b23-22-,31-30+/t39-,40-,41+,42-,43+,44-/m1/s1. The smallest absolute Gasteiger partial charge is 0.309 e. The Morgan fingerprint density at radius 2 is 1.42 bits per heavy atom. The van der Waals surface area contributed by atoms with E-state index in [4.69, 9.17) is 22.9 Å². The molecule has 0 radical (unpaired) electrons. The van der Waals surface area contributed by atoms with E-state index in [1.807, 2.05) is 21.1 Å². The van der Waals surface area contributed by atoms with Gasteiger partial charge in [0.15, 0.2) is 6.10 Å². The summed E-state index contributed by atoms with van der Waals surface area (Å²) < 4.78 is 40.1. The number of nitrogens with zero attached hydrogens (tertiary/aromatic N) is 1. The molecule has 3 N–H and O–H groups in total. The Kier molecular flexibility index (Phi) is 27.6. The van der Waals surface area contributed by atoms with Gasteiger partial charge in [0.1, 0.15) is 31.3 Å². The number of furan rings is 1. The number of quaternary nitrogens is 1. The van der Waals surface area contributed by atoms with Gasteiger partial charge in [-0.3, -0.25) is 14.2 Å². The predicted molar refractivity (Wildman–Crippen MR) is 241 cm³/mol. The maximum atomic E-state index is 12.8. The van der Waals surface area contributed by atoms with Gasteiger partial charge in [0.2, 0.25) is 0 Å². The fourth-order valence-corrected chi connectivity index (χ4v) is 8.42. The van der Waals surface area contributed by atoms with Crippen LogP contribution in [0.4, 0.5) is 0 Å². The number of phosphoric ester groups is 1. The molecule has 13 nitrogen and oxygen atoms in total. The number of aliphatic hydroxyl groups excluding tert-OH is 3. The zero-order valence-electron chi connectivity index (χ0n) is 39.4. The molecule has 1 unspecified atom stereocenters. The monoisotopic (exact) mass is 898 g/mol. The largest absolute Gasteiger partial charge is 0.756 e. The van der Waals surface area contributed by atoms with Gasteiger partial charge in [-0.25, -0.2) is 0 Å². The first kappa shape index (κ1) is 55.8. The van der Waals surface area contributed by atoms with E-state index >= 15 is 0 Å². The minimum absolute atomic E-state index is 0.0880. The predicted octanol–water partition coefficient (Wildman–Crippen LogP) is 8.54. The average Bonchev–Trinajstić information content (AvgIpc) is 3.63. The molecule has 1 aromatic rings. The third-order valence-electron chi connectivity index (χ3n) is 11.8. The number of esters is 2. The quantitative estimate of drug-likeness (QED) is 0.0194. The number of likely N-dealkylation sites (N-methyl/N-ethyl adjacent to an activating group) is 1. The summed E-state index contributed by atoms with van der Waals surface area (Å²) in [7, 11) is 0.972. The first-order valence-electron chi connectivity index (χ1n) is 23.7. The number of aryl methyl sites for hydroxylation is 2. The van der Waals surface area contributed by atoms with Gasteiger partial charge < -0.3 is 47.6 Å². The van der Waals surface area contributed by atoms with Crippen LogP contribution in [0, 0.1) is 25.7 Å². The van der Waals surface area contributed by atoms with Crippen LogP contribution in [-0.4, -0.2) is 104 Å². The summed E-state index contributed by atoms with van der Waals surface area (Å²) in [6.07, 6.45) is 21.6. The summed E-state index contributed by atoms with van der Waals surface area (Å²) in [6, 6.07) is 0. The summed E-state index contributed by atoms with van der Waals surface area (Å²) in [5.41, 5.74) is 2.62. The minimum atomic E-state index is -4.72. The first-order chi connectivity index (χ1) is 29.5. The van der Waals surface area contributed by atoms with Gasteiger partial charge in [0.25, 0.3) is 7.82 Å². The van der Waals surface area contributed by atoms with Crippen molar-refractivity contribution in [1.29, 1.82) is 0 Å². The number of hydrogen-bond acceptors (Lipinski definition) is 12. The Balaban J connectivity index is 1.78. The number of aliphatic hydroxyl groups is 3. The Hall–Kier alpha value is -2.35. The maximum absolute atomic E-state index is 12.8. The fourth-order valence-electron chi connectivity index (χ4n) is 7.69. The van der Waals surface area contributed by atoms with Gasteiger partial charge in [-0.1, -0.05) is 109 Å². The zero-order chi connectivity index (χ0) is 46.0. The van der Waals surface area contributed by atoms with Crippen LogP contribution in [0.15, 0.2) is 28.7 Å². The fraction of sp³-hybridized carbons (Fsp3) is 0.792. The third kappa shape index (κ3) is 24.1. The van der Waals surface area contributed by atoms with Crippen LogP contribution in [0.2, 0.25) is 0 Å². The normalized spacial score (nSPS) is 20.2. The first-order valence-corrected chi connectivity index (χ1v) is 25.1. The van der Waals surface area contributed by atoms with E-state index < -0.39 is 57.4 Å². The topological polar surface area (TPSA) is 185 Å². The van der Waals surface area contributed by atoms with Gasteiger partial charge in [-0.05, 0) is 63.0 Å². The molecule has 0 amide bonds. The molecule has 62 heavy (non-hydrogen) atoms. The van der Waals surface area contributed by atoms with Crippen molar-refractivity contribution in [2.45, 2.75) is 187 Å². The Morgan fingerprint density at radius 1 is 0.823 bits per heavy atom. The number of allylic oxidation sites excluding steroid dienone is 1. The SMILES string of the molecule is CCCCCc1oc(CCCCCCCCCCC(=O)O[C@H](COC(=O)C/C=C\C[C@H]2[C@@H](/C=C/[C@H](O)CCCCC)[C@H](O)C[C@@H]2O)COP(=O)([O-])OCC[N+](C)(C)C)c(C)c1C. The molecule has 1 aromatic heterocycles. The van der Waals surface area contributed by atoms with Gasteiger partial charge in [0, 0.05) is 31.6 Å². The van der Waals surface area contributed by atoms with Crippen molar-refractivity contribution in [3.63, 3.8) is 0 Å². The van der Waals surface area contributed by atoms with Crippen molar-refractivity contribution < 1.29 is 61.8 Å². The Labute approximate surface area is 373 Å². The van der Waals surface area contributed by atoms with Gasteiger partial charge >= 0.3 is 11.9 Å². The van der Waals surface area contributed by atoms with Gasteiger partial charge in [0.05, 0.1) is 52.5 Å². The van der Waals surface area contributed by atoms with E-state index in [2.05, 4.69) is 27.7 Å². The molecule has 7 atom stereocenters. The summed E-state index contributed by atoms with van der Waals surface area (Å²) >= 11 is 0. The van der Waals surface area contributed by atoms with Crippen molar-refractivity contribution in [2.24, 2.45) is 11.8 Å². The molecule has 1 heterocycles. The van der Waals surface area contributed by atoms with Crippen LogP contribution in [0.1, 0.15) is 158 Å². The summed E-state index contributed by atoms with van der Waals surface area (Å²) in [4.78, 5) is 38.0. The molecule has 0 saturated heterocycles. The second-order valence-corrected chi connectivity index (χ2v) is 19.8. The average molecular weight is 898 g/mol. The molecule has 1 fully saturated rings. The summed E-state index contributed by atoms with van der Waals surface area (Å²) in [5.74, 6) is 0.523. The van der Waals surface area contributed by atoms with Crippen molar-refractivity contribution in [1.82, 2.24) is 0 Å². The van der Waals surface area contributed by atoms with Crippen LogP contribution in [0.25, 0.3) is 0 Å². The Morgan fingerprint density at radius 3 is 2.05 bits per heavy atom. The molecule has 0 aliphatic heterocycles. The lowest BCUT2D eigenvalue weighted by atomic mass is 9.89. The molecule has 2 rings (SSSR count). The highest BCUT2D eigenvalue weighted by atomic mass is 31.2. The number of hydrogen-bond donors (Lipinski definition) is 3.